The fourth-order valence-electron chi connectivity index (χ4n) is 2.09. The molecule has 0 saturated heterocycles. The molecule has 2 amide bonds. The summed E-state index contributed by atoms with van der Waals surface area (Å²) in [4.78, 5) is 11.6. The number of carbonyl (C=O) groups excluding carboxylic acids is 1. The molecule has 0 unspecified atom stereocenters. The van der Waals surface area contributed by atoms with Crippen LogP contribution in [0.1, 0.15) is 11.1 Å². The Kier molecular flexibility index (Phi) is 6.68. The highest BCUT2D eigenvalue weighted by Crippen LogP contribution is 2.29. The third-order valence-electron chi connectivity index (χ3n) is 3.38. The molecule has 0 bridgehead atoms. The van der Waals surface area contributed by atoms with E-state index >= 15 is 0 Å². The summed E-state index contributed by atoms with van der Waals surface area (Å²) >= 11 is 0. The van der Waals surface area contributed by atoms with Crippen LogP contribution in [0.25, 0.3) is 0 Å². The third-order valence-corrected chi connectivity index (χ3v) is 3.38. The number of amides is 2. The number of urea groups is 1. The summed E-state index contributed by atoms with van der Waals surface area (Å²) in [5.74, 6) is 0.729. The van der Waals surface area contributed by atoms with Crippen molar-refractivity contribution in [1.29, 1.82) is 0 Å². The smallest absolute Gasteiger partial charge is 0.416 e. The lowest BCUT2D eigenvalue weighted by atomic mass is 10.1. The Balaban J connectivity index is 1.60. The van der Waals surface area contributed by atoms with Crippen molar-refractivity contribution in [2.45, 2.75) is 12.6 Å². The minimum absolute atomic E-state index is 0.330. The summed E-state index contributed by atoms with van der Waals surface area (Å²) in [5.41, 5.74) is 0.0427. The first-order valence-corrected chi connectivity index (χ1v) is 7.81. The quantitative estimate of drug-likeness (QED) is 0.748. The highest BCUT2D eigenvalue weighted by molar-refractivity contribution is 5.73. The van der Waals surface area contributed by atoms with Crippen molar-refractivity contribution >= 4 is 6.03 Å². The maximum Gasteiger partial charge on any atom is 0.416 e. The van der Waals surface area contributed by atoms with Crippen molar-refractivity contribution in [3.05, 3.63) is 65.7 Å². The van der Waals surface area contributed by atoms with Gasteiger partial charge in [0.15, 0.2) is 0 Å². The molecule has 7 heteroatoms. The number of halogens is 3. The Morgan fingerprint density at radius 3 is 2.20 bits per heavy atom. The van der Waals surface area contributed by atoms with Gasteiger partial charge in [0, 0.05) is 6.54 Å². The fraction of sp³-hybridized carbons (Fsp3) is 0.278. The molecule has 0 aromatic heterocycles. The Labute approximate surface area is 144 Å². The van der Waals surface area contributed by atoms with Gasteiger partial charge in [0.2, 0.25) is 0 Å². The van der Waals surface area contributed by atoms with Crippen LogP contribution < -0.4 is 15.4 Å². The standard InChI is InChI=1S/C18H19F3N2O2/c19-18(20,21)15-8-6-14(7-9-15)10-11-22-17(24)23-12-13-25-16-4-2-1-3-5-16/h1-9H,10-13H2,(H2,22,23,24). The van der Waals surface area contributed by atoms with Crippen LogP contribution >= 0.6 is 0 Å². The van der Waals surface area contributed by atoms with Gasteiger partial charge in [-0.1, -0.05) is 30.3 Å². The second kappa shape index (κ2) is 8.96. The first-order chi connectivity index (χ1) is 11.9. The van der Waals surface area contributed by atoms with Gasteiger partial charge in [0.25, 0.3) is 0 Å². The van der Waals surface area contributed by atoms with E-state index < -0.39 is 11.7 Å². The van der Waals surface area contributed by atoms with Gasteiger partial charge in [-0.05, 0) is 36.2 Å². The van der Waals surface area contributed by atoms with Gasteiger partial charge in [-0.15, -0.1) is 0 Å². The highest BCUT2D eigenvalue weighted by Gasteiger charge is 2.29. The minimum atomic E-state index is -4.33. The molecule has 0 spiro atoms. The van der Waals surface area contributed by atoms with E-state index in [0.717, 1.165) is 23.4 Å². The van der Waals surface area contributed by atoms with Crippen molar-refractivity contribution < 1.29 is 22.7 Å². The summed E-state index contributed by atoms with van der Waals surface area (Å²) in [6.07, 6.45) is -3.88. The van der Waals surface area contributed by atoms with Gasteiger partial charge < -0.3 is 15.4 Å². The molecule has 134 valence electrons. The lowest BCUT2D eigenvalue weighted by molar-refractivity contribution is -0.137. The zero-order valence-electron chi connectivity index (χ0n) is 13.5. The molecule has 0 fully saturated rings. The van der Waals surface area contributed by atoms with Crippen molar-refractivity contribution in [1.82, 2.24) is 10.6 Å². The molecule has 0 radical (unpaired) electrons. The average molecular weight is 352 g/mol. The number of carbonyl (C=O) groups is 1. The number of rotatable bonds is 7. The molecule has 0 heterocycles. The van der Waals surface area contributed by atoms with Crippen molar-refractivity contribution in [3.63, 3.8) is 0 Å². The summed E-state index contributed by atoms with van der Waals surface area (Å²) in [6, 6.07) is 13.8. The lowest BCUT2D eigenvalue weighted by Gasteiger charge is -2.10. The number of nitrogens with one attached hydrogen (secondary N) is 2. The van der Waals surface area contributed by atoms with E-state index in [0.29, 0.717) is 26.1 Å². The monoisotopic (exact) mass is 352 g/mol. The third kappa shape index (κ3) is 6.74. The minimum Gasteiger partial charge on any atom is -0.492 e. The van der Waals surface area contributed by atoms with Crippen molar-refractivity contribution in [2.75, 3.05) is 19.7 Å². The van der Waals surface area contributed by atoms with Crippen LogP contribution in [0.2, 0.25) is 0 Å². The molecular weight excluding hydrogens is 333 g/mol. The second-order valence-electron chi connectivity index (χ2n) is 5.29. The van der Waals surface area contributed by atoms with Gasteiger partial charge in [-0.2, -0.15) is 13.2 Å². The van der Waals surface area contributed by atoms with Gasteiger partial charge in [-0.3, -0.25) is 0 Å². The second-order valence-corrected chi connectivity index (χ2v) is 5.29. The maximum atomic E-state index is 12.5. The van der Waals surface area contributed by atoms with Crippen LogP contribution in [-0.2, 0) is 12.6 Å². The molecule has 0 aliphatic rings. The molecule has 2 aromatic rings. The van der Waals surface area contributed by atoms with E-state index in [-0.39, 0.29) is 6.03 Å². The maximum absolute atomic E-state index is 12.5. The van der Waals surface area contributed by atoms with Crippen molar-refractivity contribution in [3.8, 4) is 5.75 Å². The van der Waals surface area contributed by atoms with Crippen LogP contribution in [0.4, 0.5) is 18.0 Å². The van der Waals surface area contributed by atoms with Crippen molar-refractivity contribution in [2.24, 2.45) is 0 Å². The molecule has 0 atom stereocenters. The molecule has 2 N–H and O–H groups in total. The summed E-state index contributed by atoms with van der Waals surface area (Å²) in [5, 5.41) is 5.29. The van der Waals surface area contributed by atoms with Gasteiger partial charge in [-0.25, -0.2) is 4.79 Å². The molecule has 2 rings (SSSR count). The van der Waals surface area contributed by atoms with Crippen LogP contribution in [-0.4, -0.2) is 25.7 Å². The molecule has 0 saturated carbocycles. The normalized spacial score (nSPS) is 11.0. The molecule has 4 nitrogen and oxygen atoms in total. The number of hydrogen-bond donors (Lipinski definition) is 2. The van der Waals surface area contributed by atoms with Gasteiger partial charge >= 0.3 is 12.2 Å². The Morgan fingerprint density at radius 1 is 0.920 bits per heavy atom. The highest BCUT2D eigenvalue weighted by atomic mass is 19.4. The number of para-hydroxylation sites is 1. The predicted molar refractivity (Wildman–Crippen MR) is 88.5 cm³/mol. The van der Waals surface area contributed by atoms with Crippen LogP contribution in [0.3, 0.4) is 0 Å². The molecular formula is C18H19F3N2O2. The SMILES string of the molecule is O=C(NCCOc1ccccc1)NCCc1ccc(C(F)(F)F)cc1. The van der Waals surface area contributed by atoms with E-state index in [1.165, 1.54) is 12.1 Å². The number of ether oxygens (including phenoxy) is 1. The zero-order valence-corrected chi connectivity index (χ0v) is 13.5. The van der Waals surface area contributed by atoms with Gasteiger partial charge in [0.05, 0.1) is 12.1 Å². The Hall–Kier alpha value is -2.70. The van der Waals surface area contributed by atoms with Crippen LogP contribution in [0.15, 0.2) is 54.6 Å². The number of benzene rings is 2. The van der Waals surface area contributed by atoms with E-state index in [9.17, 15) is 18.0 Å². The van der Waals surface area contributed by atoms with E-state index in [4.69, 9.17) is 4.74 Å². The van der Waals surface area contributed by atoms with E-state index in [1.807, 2.05) is 30.3 Å². The first kappa shape index (κ1) is 18.6. The average Bonchev–Trinajstić information content (AvgIpc) is 2.59. The molecule has 0 aliphatic carbocycles. The lowest BCUT2D eigenvalue weighted by Crippen LogP contribution is -2.38. The Bertz CT molecular complexity index is 658. The first-order valence-electron chi connectivity index (χ1n) is 7.81. The van der Waals surface area contributed by atoms with E-state index in [1.54, 1.807) is 0 Å². The van der Waals surface area contributed by atoms with E-state index in [2.05, 4.69) is 10.6 Å². The largest absolute Gasteiger partial charge is 0.492 e. The Morgan fingerprint density at radius 2 is 1.56 bits per heavy atom. The topological polar surface area (TPSA) is 50.4 Å². The molecule has 2 aromatic carbocycles. The fourth-order valence-corrected chi connectivity index (χ4v) is 2.09. The van der Waals surface area contributed by atoms with Gasteiger partial charge in [0.1, 0.15) is 12.4 Å². The summed E-state index contributed by atoms with van der Waals surface area (Å²) in [6.45, 7) is 1.02. The molecule has 0 aliphatic heterocycles. The molecule has 25 heavy (non-hydrogen) atoms. The summed E-state index contributed by atoms with van der Waals surface area (Å²) < 4.78 is 42.8. The number of alkyl halides is 3. The predicted octanol–water partition coefficient (Wildman–Crippen LogP) is 3.63. The van der Waals surface area contributed by atoms with Crippen LogP contribution in [0, 0.1) is 0 Å². The van der Waals surface area contributed by atoms with Crippen LogP contribution in [0.5, 0.6) is 5.75 Å². The zero-order chi connectivity index (χ0) is 18.1. The summed E-state index contributed by atoms with van der Waals surface area (Å²) in [7, 11) is 0. The number of hydrogen-bond acceptors (Lipinski definition) is 2.